The number of benzene rings is 1. The third-order valence-electron chi connectivity index (χ3n) is 3.19. The zero-order valence-electron chi connectivity index (χ0n) is 11.7. The number of hydrogen-bond acceptors (Lipinski definition) is 2. The van der Waals surface area contributed by atoms with Crippen molar-refractivity contribution in [3.05, 3.63) is 46.8 Å². The summed E-state index contributed by atoms with van der Waals surface area (Å²) in [6.07, 6.45) is 0. The summed E-state index contributed by atoms with van der Waals surface area (Å²) in [5, 5.41) is 9.74. The summed E-state index contributed by atoms with van der Waals surface area (Å²) in [7, 11) is 0. The maximum atomic E-state index is 12.2. The third-order valence-corrected chi connectivity index (χ3v) is 3.19. The van der Waals surface area contributed by atoms with Gasteiger partial charge in [-0.05, 0) is 37.5 Å². The van der Waals surface area contributed by atoms with E-state index < -0.39 is 0 Å². The molecule has 1 heterocycles. The molecule has 1 amide bonds. The maximum absolute atomic E-state index is 12.2. The van der Waals surface area contributed by atoms with Crippen LogP contribution >= 0.6 is 0 Å². The highest BCUT2D eigenvalue weighted by Gasteiger charge is 2.15. The van der Waals surface area contributed by atoms with Gasteiger partial charge in [-0.3, -0.25) is 9.89 Å². The Balaban J connectivity index is 2.15. The number of aromatic amines is 1. The fourth-order valence-electron chi connectivity index (χ4n) is 2.03. The van der Waals surface area contributed by atoms with Crippen LogP contribution in [0.15, 0.2) is 24.3 Å². The lowest BCUT2D eigenvalue weighted by Crippen LogP contribution is -2.13. The first-order chi connectivity index (χ1) is 8.99. The van der Waals surface area contributed by atoms with E-state index in [1.165, 1.54) is 5.56 Å². The van der Waals surface area contributed by atoms with Crippen molar-refractivity contribution < 1.29 is 4.79 Å². The normalized spacial score (nSPS) is 10.8. The first-order valence-electron chi connectivity index (χ1n) is 6.42. The fraction of sp³-hybridized carbons (Fsp3) is 0.333. The second kappa shape index (κ2) is 5.26. The molecule has 0 radical (unpaired) electrons. The van der Waals surface area contributed by atoms with E-state index in [1.54, 1.807) is 0 Å². The van der Waals surface area contributed by atoms with Gasteiger partial charge in [0.15, 0.2) is 0 Å². The van der Waals surface area contributed by atoms with Crippen molar-refractivity contribution in [3.63, 3.8) is 0 Å². The summed E-state index contributed by atoms with van der Waals surface area (Å²) >= 11 is 0. The first kappa shape index (κ1) is 13.3. The number of carbonyl (C=O) groups excluding carboxylic acids is 1. The van der Waals surface area contributed by atoms with Crippen molar-refractivity contribution in [1.29, 1.82) is 0 Å². The molecule has 0 saturated carbocycles. The SMILES string of the molecule is Cc1n[nH]c(C)c1C(=O)Nc1ccc(C(C)C)cc1. The molecule has 0 unspecified atom stereocenters. The van der Waals surface area contributed by atoms with Crippen LogP contribution in [0.25, 0.3) is 0 Å². The van der Waals surface area contributed by atoms with Crippen LogP contribution in [0, 0.1) is 13.8 Å². The van der Waals surface area contributed by atoms with Crippen molar-refractivity contribution in [2.75, 3.05) is 5.32 Å². The average molecular weight is 257 g/mol. The number of amides is 1. The zero-order valence-corrected chi connectivity index (χ0v) is 11.7. The highest BCUT2D eigenvalue weighted by molar-refractivity contribution is 6.05. The molecule has 1 aromatic carbocycles. The van der Waals surface area contributed by atoms with Crippen LogP contribution in [0.4, 0.5) is 5.69 Å². The van der Waals surface area contributed by atoms with Gasteiger partial charge in [-0.2, -0.15) is 5.10 Å². The smallest absolute Gasteiger partial charge is 0.259 e. The molecular formula is C15H19N3O. The van der Waals surface area contributed by atoms with Crippen molar-refractivity contribution in [3.8, 4) is 0 Å². The lowest BCUT2D eigenvalue weighted by atomic mass is 10.0. The molecule has 0 aliphatic rings. The molecule has 4 heteroatoms. The molecule has 0 fully saturated rings. The Morgan fingerprint density at radius 1 is 1.21 bits per heavy atom. The Kier molecular flexibility index (Phi) is 3.69. The van der Waals surface area contributed by atoms with Gasteiger partial charge in [-0.1, -0.05) is 26.0 Å². The summed E-state index contributed by atoms with van der Waals surface area (Å²) < 4.78 is 0. The van der Waals surface area contributed by atoms with E-state index in [4.69, 9.17) is 0 Å². The molecule has 0 aliphatic heterocycles. The second-order valence-corrected chi connectivity index (χ2v) is 5.04. The van der Waals surface area contributed by atoms with Gasteiger partial charge in [0.25, 0.3) is 5.91 Å². The second-order valence-electron chi connectivity index (χ2n) is 5.04. The van der Waals surface area contributed by atoms with Crippen molar-refractivity contribution in [2.24, 2.45) is 0 Å². The monoisotopic (exact) mass is 257 g/mol. The molecule has 2 aromatic rings. The van der Waals surface area contributed by atoms with Crippen LogP contribution in [-0.2, 0) is 0 Å². The van der Waals surface area contributed by atoms with E-state index in [0.717, 1.165) is 11.4 Å². The van der Waals surface area contributed by atoms with Crippen LogP contribution in [0.5, 0.6) is 0 Å². The van der Waals surface area contributed by atoms with Gasteiger partial charge in [0.2, 0.25) is 0 Å². The number of rotatable bonds is 3. The lowest BCUT2D eigenvalue weighted by Gasteiger charge is -2.08. The van der Waals surface area contributed by atoms with Crippen molar-refractivity contribution in [1.82, 2.24) is 10.2 Å². The zero-order chi connectivity index (χ0) is 14.0. The Bertz CT molecular complexity index is 562. The molecule has 100 valence electrons. The highest BCUT2D eigenvalue weighted by atomic mass is 16.1. The molecule has 4 nitrogen and oxygen atoms in total. The van der Waals surface area contributed by atoms with E-state index >= 15 is 0 Å². The number of nitrogens with zero attached hydrogens (tertiary/aromatic N) is 1. The number of hydrogen-bond donors (Lipinski definition) is 2. The summed E-state index contributed by atoms with van der Waals surface area (Å²) in [4.78, 5) is 12.2. The predicted octanol–water partition coefficient (Wildman–Crippen LogP) is 3.40. The quantitative estimate of drug-likeness (QED) is 0.885. The first-order valence-corrected chi connectivity index (χ1v) is 6.42. The molecular weight excluding hydrogens is 238 g/mol. The standard InChI is InChI=1S/C15H19N3O/c1-9(2)12-5-7-13(8-6-12)16-15(19)14-10(3)17-18-11(14)4/h5-9H,1-4H3,(H,16,19)(H,17,18). The summed E-state index contributed by atoms with van der Waals surface area (Å²) in [6.45, 7) is 7.95. The van der Waals surface area contributed by atoms with E-state index in [0.29, 0.717) is 17.2 Å². The number of carbonyl (C=O) groups is 1. The van der Waals surface area contributed by atoms with Gasteiger partial charge in [0.1, 0.15) is 0 Å². The van der Waals surface area contributed by atoms with E-state index in [1.807, 2.05) is 38.1 Å². The van der Waals surface area contributed by atoms with Gasteiger partial charge in [0.05, 0.1) is 11.3 Å². The summed E-state index contributed by atoms with van der Waals surface area (Å²) in [5.74, 6) is 0.365. The summed E-state index contributed by atoms with van der Waals surface area (Å²) in [6, 6.07) is 7.93. The maximum Gasteiger partial charge on any atom is 0.259 e. The summed E-state index contributed by atoms with van der Waals surface area (Å²) in [5.41, 5.74) is 4.18. The van der Waals surface area contributed by atoms with Crippen LogP contribution in [0.2, 0.25) is 0 Å². The Morgan fingerprint density at radius 2 is 1.84 bits per heavy atom. The average Bonchev–Trinajstić information content (AvgIpc) is 2.69. The van der Waals surface area contributed by atoms with Gasteiger partial charge in [-0.15, -0.1) is 0 Å². The largest absolute Gasteiger partial charge is 0.322 e. The number of aryl methyl sites for hydroxylation is 2. The number of H-pyrrole nitrogens is 1. The lowest BCUT2D eigenvalue weighted by molar-refractivity contribution is 0.102. The highest BCUT2D eigenvalue weighted by Crippen LogP contribution is 2.18. The minimum Gasteiger partial charge on any atom is -0.322 e. The van der Waals surface area contributed by atoms with Crippen molar-refractivity contribution >= 4 is 11.6 Å². The topological polar surface area (TPSA) is 57.8 Å². The molecule has 1 aromatic heterocycles. The molecule has 0 spiro atoms. The van der Waals surface area contributed by atoms with Gasteiger partial charge < -0.3 is 5.32 Å². The Hall–Kier alpha value is -2.10. The van der Waals surface area contributed by atoms with Crippen molar-refractivity contribution in [2.45, 2.75) is 33.6 Å². The Labute approximate surface area is 113 Å². The van der Waals surface area contributed by atoms with Gasteiger partial charge in [0, 0.05) is 11.4 Å². The van der Waals surface area contributed by atoms with Gasteiger partial charge >= 0.3 is 0 Å². The molecule has 0 bridgehead atoms. The molecule has 19 heavy (non-hydrogen) atoms. The fourth-order valence-corrected chi connectivity index (χ4v) is 2.03. The van der Waals surface area contributed by atoms with Crippen LogP contribution in [-0.4, -0.2) is 16.1 Å². The number of aromatic nitrogens is 2. The molecule has 0 atom stereocenters. The van der Waals surface area contributed by atoms with E-state index in [9.17, 15) is 4.79 Å². The number of anilines is 1. The van der Waals surface area contributed by atoms with Crippen LogP contribution < -0.4 is 5.32 Å². The van der Waals surface area contributed by atoms with Crippen LogP contribution in [0.1, 0.15) is 47.1 Å². The Morgan fingerprint density at radius 3 is 2.32 bits per heavy atom. The van der Waals surface area contributed by atoms with Gasteiger partial charge in [-0.25, -0.2) is 0 Å². The minimum atomic E-state index is -0.124. The molecule has 2 rings (SSSR count). The number of nitrogens with one attached hydrogen (secondary N) is 2. The minimum absolute atomic E-state index is 0.124. The molecule has 0 saturated heterocycles. The molecule has 0 aliphatic carbocycles. The van der Waals surface area contributed by atoms with Crippen LogP contribution in [0.3, 0.4) is 0 Å². The predicted molar refractivity (Wildman–Crippen MR) is 76.5 cm³/mol. The van der Waals surface area contributed by atoms with E-state index in [-0.39, 0.29) is 5.91 Å². The third kappa shape index (κ3) is 2.84. The molecule has 2 N–H and O–H groups in total. The van der Waals surface area contributed by atoms with E-state index in [2.05, 4.69) is 29.4 Å².